The van der Waals surface area contributed by atoms with Gasteiger partial charge in [0, 0.05) is 24.6 Å². The normalized spacial score (nSPS) is 19.9. The first kappa shape index (κ1) is 10.7. The molecule has 82 valence electrons. The number of anilines is 1. The van der Waals surface area contributed by atoms with E-state index in [9.17, 15) is 9.18 Å². The summed E-state index contributed by atoms with van der Waals surface area (Å²) in [5.74, 6) is 2.28. The third kappa shape index (κ3) is 1.79. The maximum atomic E-state index is 12.9. The topological polar surface area (TPSA) is 20.3 Å². The maximum Gasteiger partial charge on any atom is 0.228 e. The summed E-state index contributed by atoms with van der Waals surface area (Å²) in [6.45, 7) is 2.32. The number of terminal acetylenes is 1. The number of carbonyl (C=O) groups is 1. The van der Waals surface area contributed by atoms with Gasteiger partial charge in [-0.3, -0.25) is 4.79 Å². The van der Waals surface area contributed by atoms with Crippen LogP contribution in [0.15, 0.2) is 18.2 Å². The molecule has 1 amide bonds. The van der Waals surface area contributed by atoms with Gasteiger partial charge in [0.05, 0.1) is 0 Å². The van der Waals surface area contributed by atoms with Crippen LogP contribution in [-0.4, -0.2) is 12.5 Å². The van der Waals surface area contributed by atoms with E-state index in [1.165, 1.54) is 12.1 Å². The molecule has 0 saturated carbocycles. The number of aryl methyl sites for hydroxylation is 1. The van der Waals surface area contributed by atoms with Crippen LogP contribution in [0, 0.1) is 31.0 Å². The number of benzene rings is 1. The fourth-order valence-electron chi connectivity index (χ4n) is 1.97. The lowest BCUT2D eigenvalue weighted by molar-refractivity contribution is -0.117. The van der Waals surface area contributed by atoms with Crippen LogP contribution < -0.4 is 4.90 Å². The van der Waals surface area contributed by atoms with Gasteiger partial charge < -0.3 is 4.90 Å². The van der Waals surface area contributed by atoms with Gasteiger partial charge in [0.15, 0.2) is 0 Å². The lowest BCUT2D eigenvalue weighted by Crippen LogP contribution is -2.25. The highest BCUT2D eigenvalue weighted by Gasteiger charge is 2.30. The van der Waals surface area contributed by atoms with Gasteiger partial charge in [-0.25, -0.2) is 4.39 Å². The summed E-state index contributed by atoms with van der Waals surface area (Å²) in [6.07, 6.45) is 5.69. The summed E-state index contributed by atoms with van der Waals surface area (Å²) in [6, 6.07) is 4.41. The molecule has 1 fully saturated rings. The molecule has 1 aromatic rings. The summed E-state index contributed by atoms with van der Waals surface area (Å²) in [4.78, 5) is 13.4. The van der Waals surface area contributed by atoms with Crippen molar-refractivity contribution in [2.24, 2.45) is 5.92 Å². The van der Waals surface area contributed by atoms with E-state index >= 15 is 0 Å². The molecule has 1 heterocycles. The summed E-state index contributed by atoms with van der Waals surface area (Å²) in [5, 5.41) is 0. The number of hydrogen-bond donors (Lipinski definition) is 0. The molecule has 16 heavy (non-hydrogen) atoms. The van der Waals surface area contributed by atoms with Gasteiger partial charge in [0.2, 0.25) is 5.91 Å². The number of amides is 1. The van der Waals surface area contributed by atoms with Crippen LogP contribution in [0.1, 0.15) is 12.0 Å². The highest BCUT2D eigenvalue weighted by atomic mass is 19.1. The average molecular weight is 217 g/mol. The Morgan fingerprint density at radius 1 is 1.56 bits per heavy atom. The molecule has 3 heteroatoms. The van der Waals surface area contributed by atoms with Gasteiger partial charge in [-0.05, 0) is 30.7 Å². The largest absolute Gasteiger partial charge is 0.311 e. The average Bonchev–Trinajstić information content (AvgIpc) is 2.60. The van der Waals surface area contributed by atoms with Gasteiger partial charge in [-0.2, -0.15) is 0 Å². The molecular formula is C13H12FNO. The molecule has 0 bridgehead atoms. The van der Waals surface area contributed by atoms with Gasteiger partial charge in [0.25, 0.3) is 0 Å². The standard InChI is InChI=1S/C13H12FNO/c1-3-10-7-13(16)15(8-10)12-5-4-11(14)6-9(12)2/h1,4-6,10H,7-8H2,2H3. The Balaban J connectivity index is 2.32. The van der Waals surface area contributed by atoms with E-state index in [4.69, 9.17) is 6.42 Å². The molecule has 1 unspecified atom stereocenters. The summed E-state index contributed by atoms with van der Waals surface area (Å²) < 4.78 is 12.9. The Bertz CT molecular complexity index is 475. The van der Waals surface area contributed by atoms with Crippen molar-refractivity contribution < 1.29 is 9.18 Å². The molecule has 0 N–H and O–H groups in total. The van der Waals surface area contributed by atoms with Crippen LogP contribution in [0.5, 0.6) is 0 Å². The fourth-order valence-corrected chi connectivity index (χ4v) is 1.97. The molecule has 0 aromatic heterocycles. The second kappa shape index (κ2) is 3.97. The lowest BCUT2D eigenvalue weighted by Gasteiger charge is -2.18. The van der Waals surface area contributed by atoms with Crippen molar-refractivity contribution in [2.75, 3.05) is 11.4 Å². The van der Waals surface area contributed by atoms with Gasteiger partial charge in [-0.1, -0.05) is 0 Å². The van der Waals surface area contributed by atoms with E-state index < -0.39 is 0 Å². The molecular weight excluding hydrogens is 205 g/mol. The number of rotatable bonds is 1. The highest BCUT2D eigenvalue weighted by molar-refractivity contribution is 5.96. The van der Waals surface area contributed by atoms with Crippen LogP contribution >= 0.6 is 0 Å². The predicted molar refractivity (Wildman–Crippen MR) is 60.4 cm³/mol. The third-order valence-corrected chi connectivity index (χ3v) is 2.81. The monoisotopic (exact) mass is 217 g/mol. The summed E-state index contributed by atoms with van der Waals surface area (Å²) in [7, 11) is 0. The van der Waals surface area contributed by atoms with E-state index in [1.54, 1.807) is 17.9 Å². The van der Waals surface area contributed by atoms with Crippen LogP contribution in [-0.2, 0) is 4.79 Å². The van der Waals surface area contributed by atoms with Crippen molar-refractivity contribution in [1.29, 1.82) is 0 Å². The lowest BCUT2D eigenvalue weighted by atomic mass is 10.1. The Morgan fingerprint density at radius 3 is 2.88 bits per heavy atom. The Labute approximate surface area is 94.1 Å². The van der Waals surface area contributed by atoms with Crippen molar-refractivity contribution in [2.45, 2.75) is 13.3 Å². The van der Waals surface area contributed by atoms with Crippen LogP contribution in [0.3, 0.4) is 0 Å². The molecule has 0 radical (unpaired) electrons. The van der Waals surface area contributed by atoms with E-state index in [2.05, 4.69) is 5.92 Å². The zero-order chi connectivity index (χ0) is 11.7. The quantitative estimate of drug-likeness (QED) is 0.660. The minimum absolute atomic E-state index is 0.0117. The number of hydrogen-bond acceptors (Lipinski definition) is 1. The van der Waals surface area contributed by atoms with E-state index in [0.29, 0.717) is 13.0 Å². The summed E-state index contributed by atoms with van der Waals surface area (Å²) in [5.41, 5.74) is 1.51. The molecule has 1 aromatic carbocycles. The van der Waals surface area contributed by atoms with Gasteiger partial charge in [0.1, 0.15) is 5.82 Å². The Morgan fingerprint density at radius 2 is 2.31 bits per heavy atom. The van der Waals surface area contributed by atoms with Crippen molar-refractivity contribution in [3.63, 3.8) is 0 Å². The van der Waals surface area contributed by atoms with Crippen molar-refractivity contribution in [1.82, 2.24) is 0 Å². The van der Waals surface area contributed by atoms with Crippen molar-refractivity contribution in [3.05, 3.63) is 29.6 Å². The molecule has 2 rings (SSSR count). The minimum Gasteiger partial charge on any atom is -0.311 e. The zero-order valence-electron chi connectivity index (χ0n) is 9.03. The molecule has 1 atom stereocenters. The van der Waals surface area contributed by atoms with Gasteiger partial charge >= 0.3 is 0 Å². The smallest absolute Gasteiger partial charge is 0.228 e. The second-order valence-electron chi connectivity index (χ2n) is 4.00. The van der Waals surface area contributed by atoms with Crippen LogP contribution in [0.25, 0.3) is 0 Å². The fraction of sp³-hybridized carbons (Fsp3) is 0.308. The van der Waals surface area contributed by atoms with E-state index in [0.717, 1.165) is 11.3 Å². The summed E-state index contributed by atoms with van der Waals surface area (Å²) >= 11 is 0. The maximum absolute atomic E-state index is 12.9. The van der Waals surface area contributed by atoms with Crippen LogP contribution in [0.2, 0.25) is 0 Å². The minimum atomic E-state index is -0.290. The highest BCUT2D eigenvalue weighted by Crippen LogP contribution is 2.27. The Kier molecular flexibility index (Phi) is 2.66. The first-order chi connectivity index (χ1) is 7.61. The van der Waals surface area contributed by atoms with Crippen LogP contribution in [0.4, 0.5) is 10.1 Å². The number of halogens is 1. The molecule has 1 aliphatic heterocycles. The van der Waals surface area contributed by atoms with E-state index in [1.807, 2.05) is 0 Å². The first-order valence-corrected chi connectivity index (χ1v) is 5.14. The second-order valence-corrected chi connectivity index (χ2v) is 4.00. The first-order valence-electron chi connectivity index (χ1n) is 5.14. The number of carbonyl (C=O) groups excluding carboxylic acids is 1. The van der Waals surface area contributed by atoms with E-state index in [-0.39, 0.29) is 17.6 Å². The molecule has 0 aliphatic carbocycles. The zero-order valence-corrected chi connectivity index (χ0v) is 9.03. The molecule has 2 nitrogen and oxygen atoms in total. The molecule has 0 spiro atoms. The molecule has 1 saturated heterocycles. The number of nitrogens with zero attached hydrogens (tertiary/aromatic N) is 1. The molecule has 1 aliphatic rings. The third-order valence-electron chi connectivity index (χ3n) is 2.81. The SMILES string of the molecule is C#CC1CC(=O)N(c2ccc(F)cc2C)C1. The van der Waals surface area contributed by atoms with Crippen molar-refractivity contribution >= 4 is 11.6 Å². The van der Waals surface area contributed by atoms with Gasteiger partial charge in [-0.15, -0.1) is 12.3 Å². The van der Waals surface area contributed by atoms with Crippen molar-refractivity contribution in [3.8, 4) is 12.3 Å². The Hall–Kier alpha value is -1.82. The predicted octanol–water partition coefficient (Wildman–Crippen LogP) is 2.12.